The highest BCUT2D eigenvalue weighted by Gasteiger charge is 2.28. The molecule has 0 saturated carbocycles. The van der Waals surface area contributed by atoms with Crippen LogP contribution in [0.15, 0.2) is 53.0 Å². The summed E-state index contributed by atoms with van der Waals surface area (Å²) in [5.41, 5.74) is 1.26. The van der Waals surface area contributed by atoms with Gasteiger partial charge in [0.25, 0.3) is 0 Å². The molecule has 0 spiro atoms. The first-order valence-corrected chi connectivity index (χ1v) is 10.3. The van der Waals surface area contributed by atoms with Gasteiger partial charge in [0.15, 0.2) is 6.61 Å². The molecule has 0 aliphatic rings. The topological polar surface area (TPSA) is 67.4 Å². The van der Waals surface area contributed by atoms with Crippen LogP contribution < -0.4 is 15.4 Å². The average molecular weight is 491 g/mol. The highest BCUT2D eigenvalue weighted by Crippen LogP contribution is 2.19. The summed E-state index contributed by atoms with van der Waals surface area (Å²) in [5, 5.41) is 5.38. The average Bonchev–Trinajstić information content (AvgIpc) is 2.64. The zero-order valence-corrected chi connectivity index (χ0v) is 17.5. The summed E-state index contributed by atoms with van der Waals surface area (Å²) >= 11 is 4.47. The number of carbonyl (C=O) groups excluding carboxylic acids is 2. The molecule has 0 saturated heterocycles. The summed E-state index contributed by atoms with van der Waals surface area (Å²) in [6.45, 7) is -1.23. The van der Waals surface area contributed by atoms with Gasteiger partial charge in [-0.25, -0.2) is 0 Å². The molecule has 2 amide bonds. The Morgan fingerprint density at radius 1 is 1.03 bits per heavy atom. The number of rotatable bonds is 9. The van der Waals surface area contributed by atoms with Gasteiger partial charge in [0, 0.05) is 16.7 Å². The van der Waals surface area contributed by atoms with E-state index in [0.717, 1.165) is 16.2 Å². The molecular formula is C19H18BrF3N2O3S. The van der Waals surface area contributed by atoms with Crippen LogP contribution in [0.3, 0.4) is 0 Å². The lowest BCUT2D eigenvalue weighted by Crippen LogP contribution is -2.25. The number of anilines is 1. The molecule has 5 nitrogen and oxygen atoms in total. The van der Waals surface area contributed by atoms with Gasteiger partial charge in [-0.3, -0.25) is 9.59 Å². The maximum atomic E-state index is 12.2. The van der Waals surface area contributed by atoms with Gasteiger partial charge in [-0.05, 0) is 35.9 Å². The van der Waals surface area contributed by atoms with Crippen molar-refractivity contribution in [2.45, 2.75) is 12.7 Å². The van der Waals surface area contributed by atoms with E-state index in [9.17, 15) is 22.8 Å². The molecule has 0 atom stereocenters. The monoisotopic (exact) mass is 490 g/mol. The van der Waals surface area contributed by atoms with Gasteiger partial charge in [-0.15, -0.1) is 11.8 Å². The van der Waals surface area contributed by atoms with Crippen molar-refractivity contribution in [2.24, 2.45) is 0 Å². The standard InChI is InChI=1S/C19H18BrF3N2O3S/c20-14-4-2-5-15(8-14)25-18(27)11-29-10-17(26)24-9-13-3-1-6-16(7-13)28-12-19(21,22)23/h1-8H,9-12H2,(H,24,26)(H,25,27). The molecule has 29 heavy (non-hydrogen) atoms. The Labute approximate surface area is 178 Å². The number of alkyl halides is 3. The fraction of sp³-hybridized carbons (Fsp3) is 0.263. The molecule has 156 valence electrons. The van der Waals surface area contributed by atoms with Crippen LogP contribution in [0.5, 0.6) is 5.75 Å². The summed E-state index contributed by atoms with van der Waals surface area (Å²) in [7, 11) is 0. The van der Waals surface area contributed by atoms with Gasteiger partial charge in [0.2, 0.25) is 11.8 Å². The van der Waals surface area contributed by atoms with Crippen LogP contribution in [-0.2, 0) is 16.1 Å². The zero-order valence-electron chi connectivity index (χ0n) is 15.1. The number of nitrogens with one attached hydrogen (secondary N) is 2. The molecule has 0 unspecified atom stereocenters. The molecule has 0 radical (unpaired) electrons. The Kier molecular flexibility index (Phi) is 8.84. The van der Waals surface area contributed by atoms with Crippen LogP contribution in [0.4, 0.5) is 18.9 Å². The maximum Gasteiger partial charge on any atom is 0.422 e. The molecular weight excluding hydrogens is 473 g/mol. The van der Waals surface area contributed by atoms with Crippen molar-refractivity contribution in [3.05, 3.63) is 58.6 Å². The number of hydrogen-bond acceptors (Lipinski definition) is 4. The number of halogens is 4. The van der Waals surface area contributed by atoms with Gasteiger partial charge in [-0.1, -0.05) is 34.1 Å². The first-order chi connectivity index (χ1) is 13.7. The zero-order chi connectivity index (χ0) is 21.3. The van der Waals surface area contributed by atoms with Gasteiger partial charge in [-0.2, -0.15) is 13.2 Å². The van der Waals surface area contributed by atoms with E-state index in [1.807, 2.05) is 6.07 Å². The van der Waals surface area contributed by atoms with Crippen LogP contribution in [0, 0.1) is 0 Å². The van der Waals surface area contributed by atoms with E-state index in [0.29, 0.717) is 11.3 Å². The van der Waals surface area contributed by atoms with E-state index in [1.54, 1.807) is 30.3 Å². The van der Waals surface area contributed by atoms with Crippen molar-refractivity contribution in [1.29, 1.82) is 0 Å². The van der Waals surface area contributed by atoms with Gasteiger partial charge < -0.3 is 15.4 Å². The summed E-state index contributed by atoms with van der Waals surface area (Å²) < 4.78 is 42.1. The summed E-state index contributed by atoms with van der Waals surface area (Å²) in [5.74, 6) is -0.244. The van der Waals surface area contributed by atoms with Crippen molar-refractivity contribution in [1.82, 2.24) is 5.32 Å². The molecule has 0 heterocycles. The van der Waals surface area contributed by atoms with E-state index in [1.165, 1.54) is 12.1 Å². The molecule has 10 heteroatoms. The summed E-state index contributed by atoms with van der Waals surface area (Å²) in [4.78, 5) is 23.8. The molecule has 2 aromatic rings. The van der Waals surface area contributed by atoms with E-state index in [4.69, 9.17) is 0 Å². The molecule has 0 fully saturated rings. The van der Waals surface area contributed by atoms with Gasteiger partial charge in [0.05, 0.1) is 11.5 Å². The fourth-order valence-corrected chi connectivity index (χ4v) is 3.21. The maximum absolute atomic E-state index is 12.2. The van der Waals surface area contributed by atoms with Gasteiger partial charge >= 0.3 is 6.18 Å². The molecule has 0 bridgehead atoms. The molecule has 0 aromatic heterocycles. The normalized spacial score (nSPS) is 11.0. The van der Waals surface area contributed by atoms with Crippen molar-refractivity contribution >= 4 is 45.2 Å². The largest absolute Gasteiger partial charge is 0.484 e. The van der Waals surface area contributed by atoms with Gasteiger partial charge in [0.1, 0.15) is 5.75 Å². The van der Waals surface area contributed by atoms with Crippen LogP contribution in [0.2, 0.25) is 0 Å². The second kappa shape index (κ2) is 11.1. The smallest absolute Gasteiger partial charge is 0.422 e. The van der Waals surface area contributed by atoms with Crippen molar-refractivity contribution in [3.8, 4) is 5.75 Å². The number of thioether (sulfide) groups is 1. The fourth-order valence-electron chi connectivity index (χ4n) is 2.16. The van der Waals surface area contributed by atoms with Crippen molar-refractivity contribution < 1.29 is 27.5 Å². The van der Waals surface area contributed by atoms with Crippen LogP contribution >= 0.6 is 27.7 Å². The molecule has 2 N–H and O–H groups in total. The van der Waals surface area contributed by atoms with Crippen LogP contribution in [0.25, 0.3) is 0 Å². The minimum Gasteiger partial charge on any atom is -0.484 e. The third kappa shape index (κ3) is 9.71. The lowest BCUT2D eigenvalue weighted by molar-refractivity contribution is -0.153. The third-order valence-electron chi connectivity index (χ3n) is 3.37. The van der Waals surface area contributed by atoms with Crippen molar-refractivity contribution in [2.75, 3.05) is 23.4 Å². The first kappa shape index (κ1) is 23.1. The Morgan fingerprint density at radius 2 is 1.76 bits per heavy atom. The second-order valence-electron chi connectivity index (χ2n) is 5.88. The predicted molar refractivity (Wildman–Crippen MR) is 110 cm³/mol. The van der Waals surface area contributed by atoms with Crippen molar-refractivity contribution in [3.63, 3.8) is 0 Å². The number of benzene rings is 2. The van der Waals surface area contributed by atoms with E-state index >= 15 is 0 Å². The van der Waals surface area contributed by atoms with E-state index in [-0.39, 0.29) is 35.6 Å². The Bertz CT molecular complexity index is 849. The Hall–Kier alpha value is -2.20. The van der Waals surface area contributed by atoms with Crippen LogP contribution in [0.1, 0.15) is 5.56 Å². The highest BCUT2D eigenvalue weighted by atomic mass is 79.9. The third-order valence-corrected chi connectivity index (χ3v) is 4.79. The minimum absolute atomic E-state index is 0.0765. The Balaban J connectivity index is 1.68. The lowest BCUT2D eigenvalue weighted by Gasteiger charge is -2.11. The van der Waals surface area contributed by atoms with E-state index < -0.39 is 12.8 Å². The SMILES string of the molecule is O=C(CSCC(=O)Nc1cccc(Br)c1)NCc1cccc(OCC(F)(F)F)c1. The van der Waals surface area contributed by atoms with E-state index in [2.05, 4.69) is 31.3 Å². The molecule has 0 aliphatic carbocycles. The second-order valence-corrected chi connectivity index (χ2v) is 7.78. The quantitative estimate of drug-likeness (QED) is 0.547. The number of carbonyl (C=O) groups is 2. The molecule has 2 rings (SSSR count). The molecule has 0 aliphatic heterocycles. The highest BCUT2D eigenvalue weighted by molar-refractivity contribution is 9.10. The Morgan fingerprint density at radius 3 is 2.48 bits per heavy atom. The first-order valence-electron chi connectivity index (χ1n) is 8.39. The number of amides is 2. The molecule has 2 aromatic carbocycles. The number of hydrogen-bond donors (Lipinski definition) is 2. The summed E-state index contributed by atoms with van der Waals surface area (Å²) in [6, 6.07) is 13.2. The minimum atomic E-state index is -4.41. The van der Waals surface area contributed by atoms with Crippen LogP contribution in [-0.4, -0.2) is 36.1 Å². The number of ether oxygens (including phenoxy) is 1. The summed E-state index contributed by atoms with van der Waals surface area (Å²) in [6.07, 6.45) is -4.41. The lowest BCUT2D eigenvalue weighted by atomic mass is 10.2. The predicted octanol–water partition coefficient (Wildman–Crippen LogP) is 4.38.